The highest BCUT2D eigenvalue weighted by atomic mass is 16.5. The van der Waals surface area contributed by atoms with E-state index in [4.69, 9.17) is 9.47 Å². The summed E-state index contributed by atoms with van der Waals surface area (Å²) in [5, 5.41) is 2.18. The smallest absolute Gasteiger partial charge is 0.335 e. The van der Waals surface area contributed by atoms with Crippen LogP contribution in [-0.2, 0) is 9.59 Å². The summed E-state index contributed by atoms with van der Waals surface area (Å²) in [6.07, 6.45) is 1.43. The van der Waals surface area contributed by atoms with Gasteiger partial charge in [0, 0.05) is 6.07 Å². The van der Waals surface area contributed by atoms with E-state index < -0.39 is 17.8 Å². The van der Waals surface area contributed by atoms with Crippen molar-refractivity contribution in [1.82, 2.24) is 5.32 Å². The number of carbonyl (C=O) groups is 3. The van der Waals surface area contributed by atoms with Crippen LogP contribution < -0.4 is 19.7 Å². The van der Waals surface area contributed by atoms with E-state index in [1.807, 2.05) is 0 Å². The number of carbonyl (C=O) groups excluding carboxylic acids is 3. The second-order valence-corrected chi connectivity index (χ2v) is 5.43. The average molecular weight is 352 g/mol. The van der Waals surface area contributed by atoms with Crippen molar-refractivity contribution in [3.63, 3.8) is 0 Å². The molecule has 0 unspecified atom stereocenters. The van der Waals surface area contributed by atoms with E-state index in [1.54, 1.807) is 49.6 Å². The molecule has 2 aromatic carbocycles. The lowest BCUT2D eigenvalue weighted by Gasteiger charge is -2.26. The fourth-order valence-corrected chi connectivity index (χ4v) is 2.51. The second kappa shape index (κ2) is 7.10. The molecule has 0 saturated carbocycles. The lowest BCUT2D eigenvalue weighted by Crippen LogP contribution is -2.54. The first-order valence-electron chi connectivity index (χ1n) is 7.73. The molecule has 1 heterocycles. The predicted octanol–water partition coefficient (Wildman–Crippen LogP) is 2.37. The lowest BCUT2D eigenvalue weighted by molar-refractivity contribution is -0.122. The van der Waals surface area contributed by atoms with Gasteiger partial charge in [-0.3, -0.25) is 14.9 Å². The molecule has 7 nitrogen and oxygen atoms in total. The highest BCUT2D eigenvalue weighted by Gasteiger charge is 2.36. The topological polar surface area (TPSA) is 84.9 Å². The molecule has 0 aliphatic carbocycles. The zero-order valence-corrected chi connectivity index (χ0v) is 14.2. The van der Waals surface area contributed by atoms with Crippen LogP contribution in [0.4, 0.5) is 10.5 Å². The quantitative estimate of drug-likeness (QED) is 0.674. The van der Waals surface area contributed by atoms with Crippen LogP contribution in [0.5, 0.6) is 11.5 Å². The minimum Gasteiger partial charge on any atom is -0.497 e. The molecule has 3 rings (SSSR count). The highest BCUT2D eigenvalue weighted by molar-refractivity contribution is 6.39. The number of imide groups is 2. The van der Waals surface area contributed by atoms with E-state index >= 15 is 0 Å². The number of ether oxygens (including phenoxy) is 2. The number of amides is 4. The summed E-state index contributed by atoms with van der Waals surface area (Å²) in [6.45, 7) is 0. The molecule has 1 aliphatic rings. The maximum Gasteiger partial charge on any atom is 0.335 e. The summed E-state index contributed by atoms with van der Waals surface area (Å²) in [5.74, 6) is -0.307. The van der Waals surface area contributed by atoms with Gasteiger partial charge in [0.2, 0.25) is 0 Å². The normalized spacial score (nSPS) is 15.8. The number of benzene rings is 2. The Morgan fingerprint density at radius 3 is 2.27 bits per heavy atom. The number of nitrogens with one attached hydrogen (secondary N) is 1. The number of urea groups is 1. The van der Waals surface area contributed by atoms with Crippen LogP contribution in [0.25, 0.3) is 6.08 Å². The number of barbiturate groups is 1. The van der Waals surface area contributed by atoms with Gasteiger partial charge < -0.3 is 9.47 Å². The van der Waals surface area contributed by atoms with Crippen molar-refractivity contribution in [2.75, 3.05) is 19.1 Å². The van der Waals surface area contributed by atoms with Gasteiger partial charge in [-0.25, -0.2) is 9.69 Å². The number of hydrogen-bond donors (Lipinski definition) is 1. The molecule has 2 aromatic rings. The van der Waals surface area contributed by atoms with Gasteiger partial charge in [0.25, 0.3) is 11.8 Å². The van der Waals surface area contributed by atoms with E-state index in [9.17, 15) is 14.4 Å². The Balaban J connectivity index is 1.98. The van der Waals surface area contributed by atoms with E-state index in [1.165, 1.54) is 19.3 Å². The summed E-state index contributed by atoms with van der Waals surface area (Å²) in [5.41, 5.74) is 0.793. The molecular weight excluding hydrogens is 336 g/mol. The van der Waals surface area contributed by atoms with Gasteiger partial charge in [-0.15, -0.1) is 0 Å². The fourth-order valence-electron chi connectivity index (χ4n) is 2.51. The van der Waals surface area contributed by atoms with Crippen LogP contribution in [0.15, 0.2) is 54.1 Å². The molecule has 1 saturated heterocycles. The number of rotatable bonds is 4. The van der Waals surface area contributed by atoms with Crippen LogP contribution in [0.2, 0.25) is 0 Å². The standard InChI is InChI=1S/C19H16N2O5/c1-25-14-8-6-12(7-9-14)10-16-17(22)20-19(24)21(18(16)23)13-4-3-5-15(11-13)26-2/h3-11H,1-2H3,(H,20,22,24)/b16-10+. The molecule has 132 valence electrons. The van der Waals surface area contributed by atoms with Gasteiger partial charge in [0.15, 0.2) is 0 Å². The maximum absolute atomic E-state index is 12.8. The Morgan fingerprint density at radius 2 is 1.62 bits per heavy atom. The van der Waals surface area contributed by atoms with Crippen LogP contribution in [0, 0.1) is 0 Å². The van der Waals surface area contributed by atoms with Gasteiger partial charge in [-0.05, 0) is 35.9 Å². The van der Waals surface area contributed by atoms with Gasteiger partial charge in [-0.1, -0.05) is 18.2 Å². The van der Waals surface area contributed by atoms with E-state index in [0.29, 0.717) is 22.7 Å². The zero-order chi connectivity index (χ0) is 18.7. The van der Waals surface area contributed by atoms with Crippen LogP contribution in [-0.4, -0.2) is 32.1 Å². The fraction of sp³-hybridized carbons (Fsp3) is 0.105. The van der Waals surface area contributed by atoms with Crippen molar-refractivity contribution in [3.05, 3.63) is 59.7 Å². The van der Waals surface area contributed by atoms with Gasteiger partial charge in [0.05, 0.1) is 19.9 Å². The summed E-state index contributed by atoms with van der Waals surface area (Å²) in [4.78, 5) is 38.0. The lowest BCUT2D eigenvalue weighted by atomic mass is 10.1. The van der Waals surface area contributed by atoms with Crippen LogP contribution in [0.1, 0.15) is 5.56 Å². The highest BCUT2D eigenvalue weighted by Crippen LogP contribution is 2.25. The molecule has 26 heavy (non-hydrogen) atoms. The first kappa shape index (κ1) is 17.2. The molecule has 7 heteroatoms. The molecular formula is C19H16N2O5. The second-order valence-electron chi connectivity index (χ2n) is 5.43. The van der Waals surface area contributed by atoms with Crippen LogP contribution in [0.3, 0.4) is 0 Å². The average Bonchev–Trinajstić information content (AvgIpc) is 2.65. The van der Waals surface area contributed by atoms with Gasteiger partial charge in [0.1, 0.15) is 17.1 Å². The van der Waals surface area contributed by atoms with Crippen molar-refractivity contribution < 1.29 is 23.9 Å². The molecule has 4 amide bonds. The largest absolute Gasteiger partial charge is 0.497 e. The number of methoxy groups -OCH3 is 2. The summed E-state index contributed by atoms with van der Waals surface area (Å²) in [7, 11) is 3.03. The third-order valence-corrected chi connectivity index (χ3v) is 3.84. The van der Waals surface area contributed by atoms with E-state index in [-0.39, 0.29) is 5.57 Å². The minimum absolute atomic E-state index is 0.141. The monoisotopic (exact) mass is 352 g/mol. The molecule has 0 bridgehead atoms. The van der Waals surface area contributed by atoms with Gasteiger partial charge in [-0.2, -0.15) is 0 Å². The van der Waals surface area contributed by atoms with Crippen molar-refractivity contribution >= 4 is 29.6 Å². The molecule has 0 spiro atoms. The maximum atomic E-state index is 12.8. The Bertz CT molecular complexity index is 902. The summed E-state index contributed by atoms with van der Waals surface area (Å²) in [6, 6.07) is 12.5. The van der Waals surface area contributed by atoms with Crippen molar-refractivity contribution in [2.45, 2.75) is 0 Å². The summed E-state index contributed by atoms with van der Waals surface area (Å²) >= 11 is 0. The Morgan fingerprint density at radius 1 is 0.923 bits per heavy atom. The first-order chi connectivity index (χ1) is 12.5. The summed E-state index contributed by atoms with van der Waals surface area (Å²) < 4.78 is 10.2. The number of hydrogen-bond acceptors (Lipinski definition) is 5. The molecule has 1 N–H and O–H groups in total. The Labute approximate surface area is 149 Å². The molecule has 0 atom stereocenters. The third-order valence-electron chi connectivity index (χ3n) is 3.84. The minimum atomic E-state index is -0.805. The number of anilines is 1. The predicted molar refractivity (Wildman–Crippen MR) is 95.0 cm³/mol. The Hall–Kier alpha value is -3.61. The molecule has 1 fully saturated rings. The molecule has 0 aromatic heterocycles. The van der Waals surface area contributed by atoms with Crippen molar-refractivity contribution in [1.29, 1.82) is 0 Å². The Kier molecular flexibility index (Phi) is 4.70. The zero-order valence-electron chi connectivity index (χ0n) is 14.2. The number of nitrogens with zero attached hydrogens (tertiary/aromatic N) is 1. The van der Waals surface area contributed by atoms with E-state index in [0.717, 1.165) is 4.90 Å². The SMILES string of the molecule is COc1ccc(/C=C2\C(=O)NC(=O)N(c3cccc(OC)c3)C2=O)cc1. The van der Waals surface area contributed by atoms with Crippen molar-refractivity contribution in [2.24, 2.45) is 0 Å². The van der Waals surface area contributed by atoms with Crippen molar-refractivity contribution in [3.8, 4) is 11.5 Å². The molecule has 0 radical (unpaired) electrons. The van der Waals surface area contributed by atoms with E-state index in [2.05, 4.69) is 5.32 Å². The molecule has 1 aliphatic heterocycles. The first-order valence-corrected chi connectivity index (χ1v) is 7.73. The van der Waals surface area contributed by atoms with Crippen LogP contribution >= 0.6 is 0 Å². The third kappa shape index (κ3) is 3.27. The van der Waals surface area contributed by atoms with Gasteiger partial charge >= 0.3 is 6.03 Å².